The molecular weight excluding hydrogens is 687 g/mol. The van der Waals surface area contributed by atoms with Gasteiger partial charge in [-0.2, -0.15) is 0 Å². The molecule has 9 aromatic carbocycles. The van der Waals surface area contributed by atoms with Crippen LogP contribution in [0.3, 0.4) is 0 Å². The highest BCUT2D eigenvalue weighted by Gasteiger charge is 2.21. The molecule has 0 radical (unpaired) electrons. The number of fused-ring (bicyclic) bond motifs is 9. The van der Waals surface area contributed by atoms with Crippen molar-refractivity contribution in [3.8, 4) is 22.3 Å². The van der Waals surface area contributed by atoms with Gasteiger partial charge in [0.2, 0.25) is 0 Å². The maximum absolute atomic E-state index is 5.11. The van der Waals surface area contributed by atoms with E-state index >= 15 is 0 Å². The average Bonchev–Trinajstić information content (AvgIpc) is 3.64. The molecule has 10 aromatic rings. The predicted octanol–water partition coefficient (Wildman–Crippen LogP) is 13.3. The number of amidine groups is 2. The van der Waals surface area contributed by atoms with Crippen molar-refractivity contribution in [1.29, 1.82) is 0 Å². The topological polar surface area (TPSA) is 36.8 Å². The van der Waals surface area contributed by atoms with Gasteiger partial charge in [0.05, 0.1) is 0 Å². The summed E-state index contributed by atoms with van der Waals surface area (Å²) in [5, 5.41) is 13.9. The van der Waals surface area contributed by atoms with Crippen molar-refractivity contribution >= 4 is 75.5 Å². The van der Waals surface area contributed by atoms with Gasteiger partial charge >= 0.3 is 0 Å². The van der Waals surface area contributed by atoms with E-state index in [1.165, 1.54) is 69.2 Å². The summed E-state index contributed by atoms with van der Waals surface area (Å²) in [6.07, 6.45) is -0.235. The number of hydrogen-bond donors (Lipinski definition) is 1. The maximum Gasteiger partial charge on any atom is 0.159 e. The van der Waals surface area contributed by atoms with Crippen molar-refractivity contribution in [2.45, 2.75) is 6.17 Å². The summed E-state index contributed by atoms with van der Waals surface area (Å²) in [5.41, 5.74) is 7.91. The van der Waals surface area contributed by atoms with Crippen LogP contribution in [0, 0.1) is 0 Å². The Kier molecular flexibility index (Phi) is 7.42. The number of nitrogens with one attached hydrogen (secondary N) is 1. The lowest BCUT2D eigenvalue weighted by Crippen LogP contribution is -2.33. The first-order valence-electron chi connectivity index (χ1n) is 18.7. The Morgan fingerprint density at radius 1 is 0.364 bits per heavy atom. The van der Waals surface area contributed by atoms with Crippen molar-refractivity contribution in [2.75, 3.05) is 0 Å². The van der Waals surface area contributed by atoms with Crippen molar-refractivity contribution in [3.63, 3.8) is 0 Å². The van der Waals surface area contributed by atoms with E-state index in [-0.39, 0.29) is 6.17 Å². The van der Waals surface area contributed by atoms with Gasteiger partial charge in [-0.05, 0) is 90.5 Å². The van der Waals surface area contributed by atoms with E-state index < -0.39 is 0 Å². The minimum atomic E-state index is -0.235. The van der Waals surface area contributed by atoms with Crippen LogP contribution in [0.15, 0.2) is 198 Å². The van der Waals surface area contributed by atoms with Crippen LogP contribution in [0.4, 0.5) is 0 Å². The third-order valence-electron chi connectivity index (χ3n) is 10.9. The van der Waals surface area contributed by atoms with Gasteiger partial charge < -0.3 is 5.32 Å². The van der Waals surface area contributed by atoms with Crippen molar-refractivity contribution in [2.24, 2.45) is 9.98 Å². The Morgan fingerprint density at radius 2 is 0.891 bits per heavy atom. The lowest BCUT2D eigenvalue weighted by Gasteiger charge is -2.23. The molecule has 0 saturated heterocycles. The molecule has 0 fully saturated rings. The highest BCUT2D eigenvalue weighted by atomic mass is 32.1. The Hall–Kier alpha value is -6.88. The van der Waals surface area contributed by atoms with Crippen LogP contribution >= 0.6 is 11.3 Å². The Labute approximate surface area is 322 Å². The van der Waals surface area contributed by atoms with E-state index in [0.29, 0.717) is 0 Å². The Bertz CT molecular complexity index is 3140. The Balaban J connectivity index is 0.966. The molecule has 1 unspecified atom stereocenters. The SMILES string of the molecule is c1ccc(C2=NC(c3cccc(-c4ccc5c(c4)sc4ccc(-c6ccc7c8ccccc8c8ccccc8c7c6)cc45)c3)=NC(c3ccccc3)N2)cc1. The van der Waals surface area contributed by atoms with Gasteiger partial charge in [-0.1, -0.05) is 158 Å². The second-order valence-electron chi connectivity index (χ2n) is 14.2. The monoisotopic (exact) mass is 719 g/mol. The fourth-order valence-electron chi connectivity index (χ4n) is 8.19. The largest absolute Gasteiger partial charge is 0.344 e. The molecular formula is C51H33N3S. The smallest absolute Gasteiger partial charge is 0.159 e. The third kappa shape index (κ3) is 5.50. The molecule has 1 atom stereocenters. The average molecular weight is 720 g/mol. The van der Waals surface area contributed by atoms with Crippen LogP contribution in [-0.2, 0) is 0 Å². The molecule has 55 heavy (non-hydrogen) atoms. The van der Waals surface area contributed by atoms with E-state index in [1.807, 2.05) is 35.6 Å². The van der Waals surface area contributed by atoms with Gasteiger partial charge in [0.25, 0.3) is 0 Å². The van der Waals surface area contributed by atoms with Gasteiger partial charge in [-0.3, -0.25) is 0 Å². The number of thiophene rings is 1. The summed E-state index contributed by atoms with van der Waals surface area (Å²) in [6, 6.07) is 67.6. The molecule has 1 N–H and O–H groups in total. The van der Waals surface area contributed by atoms with Crippen LogP contribution in [-0.4, -0.2) is 11.7 Å². The fourth-order valence-corrected chi connectivity index (χ4v) is 9.31. The summed E-state index contributed by atoms with van der Waals surface area (Å²) in [7, 11) is 0. The summed E-state index contributed by atoms with van der Waals surface area (Å²) in [4.78, 5) is 10.2. The first-order valence-corrected chi connectivity index (χ1v) is 19.5. The van der Waals surface area contributed by atoms with Gasteiger partial charge in [-0.15, -0.1) is 11.3 Å². The highest BCUT2D eigenvalue weighted by Crippen LogP contribution is 2.41. The van der Waals surface area contributed by atoms with Gasteiger partial charge in [0.15, 0.2) is 5.84 Å². The number of benzene rings is 9. The van der Waals surface area contributed by atoms with E-state index in [4.69, 9.17) is 9.98 Å². The molecule has 0 spiro atoms. The van der Waals surface area contributed by atoms with Crippen LogP contribution in [0.1, 0.15) is 22.9 Å². The van der Waals surface area contributed by atoms with Crippen LogP contribution in [0.2, 0.25) is 0 Å². The van der Waals surface area contributed by atoms with E-state index in [1.54, 1.807) is 0 Å². The summed E-state index contributed by atoms with van der Waals surface area (Å²) in [5.74, 6) is 1.54. The maximum atomic E-state index is 5.11. The van der Waals surface area contributed by atoms with Crippen LogP contribution in [0.25, 0.3) is 74.7 Å². The molecule has 0 saturated carbocycles. The quantitative estimate of drug-likeness (QED) is 0.177. The molecule has 11 rings (SSSR count). The van der Waals surface area contributed by atoms with Gasteiger partial charge in [0.1, 0.15) is 12.0 Å². The second-order valence-corrected chi connectivity index (χ2v) is 15.3. The molecule has 0 aliphatic carbocycles. The molecule has 258 valence electrons. The third-order valence-corrected chi connectivity index (χ3v) is 12.0. The van der Waals surface area contributed by atoms with Crippen molar-refractivity contribution in [1.82, 2.24) is 5.32 Å². The zero-order chi connectivity index (χ0) is 36.3. The number of hydrogen-bond acceptors (Lipinski definition) is 4. The Morgan fingerprint density at radius 3 is 1.62 bits per heavy atom. The molecule has 1 aliphatic rings. The van der Waals surface area contributed by atoms with Crippen LogP contribution < -0.4 is 5.32 Å². The molecule has 3 nitrogen and oxygen atoms in total. The summed E-state index contributed by atoms with van der Waals surface area (Å²) in [6.45, 7) is 0. The van der Waals surface area contributed by atoms with Gasteiger partial charge in [0, 0.05) is 31.3 Å². The predicted molar refractivity (Wildman–Crippen MR) is 235 cm³/mol. The molecule has 2 heterocycles. The lowest BCUT2D eigenvalue weighted by molar-refractivity contribution is 0.674. The normalized spacial score (nSPS) is 14.4. The number of rotatable bonds is 5. The standard InChI is InChI=1S/C51H33N3S/c1-3-12-32(13-4-1)49-52-50(33-14-5-2-6-15-33)54-51(53-49)38-17-11-16-34(28-38)37-23-26-44-46-30-36(24-27-47(46)55-48(44)31-37)35-22-25-43-41-20-8-7-18-39(41)40-19-9-10-21-42(40)45(43)29-35/h1-31,49H,(H,52,53,54). The van der Waals surface area contributed by atoms with E-state index in [2.05, 4.69) is 169 Å². The van der Waals surface area contributed by atoms with Crippen LogP contribution in [0.5, 0.6) is 0 Å². The first-order chi connectivity index (χ1) is 27.2. The highest BCUT2D eigenvalue weighted by molar-refractivity contribution is 7.25. The minimum absolute atomic E-state index is 0.235. The number of nitrogens with zero attached hydrogens (tertiary/aromatic N) is 2. The summed E-state index contributed by atoms with van der Waals surface area (Å²) < 4.78 is 2.57. The molecule has 4 heteroatoms. The number of aliphatic imine (C=N–C) groups is 2. The zero-order valence-corrected chi connectivity index (χ0v) is 30.6. The summed E-state index contributed by atoms with van der Waals surface area (Å²) >= 11 is 1.85. The fraction of sp³-hybridized carbons (Fsp3) is 0.0196. The van der Waals surface area contributed by atoms with Gasteiger partial charge in [-0.25, -0.2) is 9.98 Å². The molecule has 1 aromatic heterocycles. The first kappa shape index (κ1) is 31.6. The van der Waals surface area contributed by atoms with Crippen molar-refractivity contribution in [3.05, 3.63) is 205 Å². The molecule has 0 amide bonds. The van der Waals surface area contributed by atoms with E-state index in [0.717, 1.165) is 33.9 Å². The second kappa shape index (κ2) is 12.9. The molecule has 0 bridgehead atoms. The van der Waals surface area contributed by atoms with Crippen molar-refractivity contribution < 1.29 is 0 Å². The zero-order valence-electron chi connectivity index (χ0n) is 29.8. The van der Waals surface area contributed by atoms with E-state index in [9.17, 15) is 0 Å². The molecule has 1 aliphatic heterocycles. The minimum Gasteiger partial charge on any atom is -0.344 e. The lowest BCUT2D eigenvalue weighted by atomic mass is 9.92.